The molecule has 0 amide bonds. The SMILES string of the molecule is COC(=O)c1cc(CNc2cnns2)oc1C. The van der Waals surface area contributed by atoms with Gasteiger partial charge in [-0.25, -0.2) is 4.79 Å². The largest absolute Gasteiger partial charge is 0.465 e. The number of carbonyl (C=O) groups is 1. The molecule has 0 saturated carbocycles. The number of nitrogens with zero attached hydrogens (tertiary/aromatic N) is 2. The highest BCUT2D eigenvalue weighted by molar-refractivity contribution is 7.09. The molecule has 0 fully saturated rings. The van der Waals surface area contributed by atoms with Crippen molar-refractivity contribution in [2.45, 2.75) is 13.5 Å². The lowest BCUT2D eigenvalue weighted by Gasteiger charge is -1.97. The van der Waals surface area contributed by atoms with E-state index in [0.717, 1.165) is 5.00 Å². The molecule has 2 aromatic heterocycles. The Morgan fingerprint density at radius 1 is 1.65 bits per heavy atom. The Balaban J connectivity index is 2.05. The van der Waals surface area contributed by atoms with Gasteiger partial charge < -0.3 is 14.5 Å². The number of furan rings is 1. The summed E-state index contributed by atoms with van der Waals surface area (Å²) in [5, 5.41) is 7.63. The third-order valence-electron chi connectivity index (χ3n) is 2.17. The third-order valence-corrected chi connectivity index (χ3v) is 2.79. The van der Waals surface area contributed by atoms with Crippen LogP contribution in [0.1, 0.15) is 21.9 Å². The van der Waals surface area contributed by atoms with Gasteiger partial charge in [-0.05, 0) is 13.0 Å². The Bertz CT molecular complexity index is 507. The zero-order chi connectivity index (χ0) is 12.3. The fourth-order valence-corrected chi connectivity index (χ4v) is 1.78. The molecule has 90 valence electrons. The third kappa shape index (κ3) is 2.62. The predicted octanol–water partition coefficient (Wildman–Crippen LogP) is 1.84. The Hall–Kier alpha value is -1.89. The van der Waals surface area contributed by atoms with Crippen molar-refractivity contribution in [1.29, 1.82) is 0 Å². The van der Waals surface area contributed by atoms with Crippen molar-refractivity contribution < 1.29 is 13.9 Å². The Kier molecular flexibility index (Phi) is 3.38. The monoisotopic (exact) mass is 253 g/mol. The summed E-state index contributed by atoms with van der Waals surface area (Å²) in [4.78, 5) is 11.4. The quantitative estimate of drug-likeness (QED) is 0.838. The summed E-state index contributed by atoms with van der Waals surface area (Å²) in [5.74, 6) is 0.823. The number of anilines is 1. The lowest BCUT2D eigenvalue weighted by molar-refractivity contribution is 0.0599. The molecule has 0 aliphatic rings. The van der Waals surface area contributed by atoms with Gasteiger partial charge in [-0.2, -0.15) is 0 Å². The Morgan fingerprint density at radius 3 is 3.12 bits per heavy atom. The molecule has 17 heavy (non-hydrogen) atoms. The average molecular weight is 253 g/mol. The highest BCUT2D eigenvalue weighted by Gasteiger charge is 2.15. The number of methoxy groups -OCH3 is 1. The molecule has 0 saturated heterocycles. The fourth-order valence-electron chi connectivity index (χ4n) is 1.36. The maximum absolute atomic E-state index is 11.4. The Labute approximate surface area is 102 Å². The van der Waals surface area contributed by atoms with Crippen LogP contribution in [0.2, 0.25) is 0 Å². The van der Waals surface area contributed by atoms with Gasteiger partial charge in [0, 0.05) is 11.5 Å². The van der Waals surface area contributed by atoms with Crippen molar-refractivity contribution >= 4 is 22.5 Å². The maximum Gasteiger partial charge on any atom is 0.341 e. The van der Waals surface area contributed by atoms with E-state index in [1.165, 1.54) is 18.6 Å². The summed E-state index contributed by atoms with van der Waals surface area (Å²) in [5.41, 5.74) is 0.451. The number of hydrogen-bond donors (Lipinski definition) is 1. The number of nitrogens with one attached hydrogen (secondary N) is 1. The number of hydrogen-bond acceptors (Lipinski definition) is 7. The zero-order valence-corrected chi connectivity index (χ0v) is 10.2. The molecule has 0 aliphatic carbocycles. The smallest absolute Gasteiger partial charge is 0.341 e. The van der Waals surface area contributed by atoms with E-state index in [2.05, 4.69) is 19.6 Å². The highest BCUT2D eigenvalue weighted by Crippen LogP contribution is 2.17. The molecule has 0 aromatic carbocycles. The molecule has 2 aromatic rings. The molecular formula is C10H11N3O3S. The van der Waals surface area contributed by atoms with Crippen LogP contribution in [0.3, 0.4) is 0 Å². The molecule has 0 bridgehead atoms. The normalized spacial score (nSPS) is 10.2. The minimum Gasteiger partial charge on any atom is -0.465 e. The van der Waals surface area contributed by atoms with Crippen molar-refractivity contribution in [2.75, 3.05) is 12.4 Å². The molecular weight excluding hydrogens is 242 g/mol. The molecule has 7 heteroatoms. The molecule has 0 radical (unpaired) electrons. The first-order valence-corrected chi connectivity index (χ1v) is 5.67. The van der Waals surface area contributed by atoms with E-state index in [4.69, 9.17) is 4.42 Å². The molecule has 2 rings (SSSR count). The molecule has 2 heterocycles. The van der Waals surface area contributed by atoms with Crippen LogP contribution in [-0.4, -0.2) is 22.7 Å². The number of aromatic nitrogens is 2. The van der Waals surface area contributed by atoms with Gasteiger partial charge in [0.15, 0.2) is 0 Å². The van der Waals surface area contributed by atoms with Gasteiger partial charge in [0.25, 0.3) is 0 Å². The number of esters is 1. The molecule has 0 spiro atoms. The van der Waals surface area contributed by atoms with Crippen molar-refractivity contribution in [1.82, 2.24) is 9.59 Å². The first-order chi connectivity index (χ1) is 8.20. The molecule has 6 nitrogen and oxygen atoms in total. The van der Waals surface area contributed by atoms with Crippen LogP contribution in [0, 0.1) is 6.92 Å². The molecule has 0 atom stereocenters. The van der Waals surface area contributed by atoms with Crippen LogP contribution >= 0.6 is 11.5 Å². The van der Waals surface area contributed by atoms with Crippen LogP contribution < -0.4 is 5.32 Å². The van der Waals surface area contributed by atoms with Crippen molar-refractivity contribution in [2.24, 2.45) is 0 Å². The summed E-state index contributed by atoms with van der Waals surface area (Å²) < 4.78 is 13.8. The van der Waals surface area contributed by atoms with Gasteiger partial charge in [0.05, 0.1) is 19.9 Å². The number of aryl methyl sites for hydroxylation is 1. The molecule has 0 unspecified atom stereocenters. The minimum atomic E-state index is -0.392. The van der Waals surface area contributed by atoms with E-state index in [-0.39, 0.29) is 0 Å². The topological polar surface area (TPSA) is 77.2 Å². The van der Waals surface area contributed by atoms with Crippen LogP contribution in [0.4, 0.5) is 5.00 Å². The predicted molar refractivity (Wildman–Crippen MR) is 62.0 cm³/mol. The van der Waals surface area contributed by atoms with Gasteiger partial charge in [-0.15, -0.1) is 5.10 Å². The molecule has 1 N–H and O–H groups in total. The number of ether oxygens (including phenoxy) is 1. The van der Waals surface area contributed by atoms with E-state index in [1.807, 2.05) is 0 Å². The second-order valence-corrected chi connectivity index (χ2v) is 4.10. The van der Waals surface area contributed by atoms with E-state index in [9.17, 15) is 4.79 Å². The summed E-state index contributed by atoms with van der Waals surface area (Å²) in [6.07, 6.45) is 1.63. The van der Waals surface area contributed by atoms with Crippen LogP contribution in [-0.2, 0) is 11.3 Å². The molecule has 0 aliphatic heterocycles. The van der Waals surface area contributed by atoms with Crippen molar-refractivity contribution in [3.8, 4) is 0 Å². The van der Waals surface area contributed by atoms with Gasteiger partial charge in [-0.3, -0.25) is 0 Å². The van der Waals surface area contributed by atoms with E-state index in [1.54, 1.807) is 19.2 Å². The van der Waals surface area contributed by atoms with Gasteiger partial charge >= 0.3 is 5.97 Å². The standard InChI is InChI=1S/C10H11N3O3S/c1-6-8(10(14)15-2)3-7(16-6)4-11-9-5-12-13-17-9/h3,5,11H,4H2,1-2H3. The summed E-state index contributed by atoms with van der Waals surface area (Å²) in [6.45, 7) is 2.20. The highest BCUT2D eigenvalue weighted by atomic mass is 32.1. The van der Waals surface area contributed by atoms with Crippen LogP contribution in [0.15, 0.2) is 16.7 Å². The van der Waals surface area contributed by atoms with E-state index >= 15 is 0 Å². The first kappa shape index (κ1) is 11.6. The summed E-state index contributed by atoms with van der Waals surface area (Å²) in [7, 11) is 1.34. The van der Waals surface area contributed by atoms with E-state index in [0.29, 0.717) is 23.6 Å². The number of carbonyl (C=O) groups excluding carboxylic acids is 1. The second kappa shape index (κ2) is 4.96. The summed E-state index contributed by atoms with van der Waals surface area (Å²) in [6, 6.07) is 1.67. The lowest BCUT2D eigenvalue weighted by Crippen LogP contribution is -2.01. The number of rotatable bonds is 4. The second-order valence-electron chi connectivity index (χ2n) is 3.31. The summed E-state index contributed by atoms with van der Waals surface area (Å²) >= 11 is 1.26. The van der Waals surface area contributed by atoms with Gasteiger partial charge in [-0.1, -0.05) is 4.49 Å². The first-order valence-electron chi connectivity index (χ1n) is 4.89. The van der Waals surface area contributed by atoms with Crippen LogP contribution in [0.5, 0.6) is 0 Å². The fraction of sp³-hybridized carbons (Fsp3) is 0.300. The van der Waals surface area contributed by atoms with Gasteiger partial charge in [0.1, 0.15) is 22.1 Å². The van der Waals surface area contributed by atoms with Crippen molar-refractivity contribution in [3.63, 3.8) is 0 Å². The minimum absolute atomic E-state index is 0.392. The maximum atomic E-state index is 11.4. The van der Waals surface area contributed by atoms with Crippen molar-refractivity contribution in [3.05, 3.63) is 29.3 Å². The van der Waals surface area contributed by atoms with Crippen LogP contribution in [0.25, 0.3) is 0 Å². The average Bonchev–Trinajstić information content (AvgIpc) is 2.94. The lowest BCUT2D eigenvalue weighted by atomic mass is 10.2. The Morgan fingerprint density at radius 2 is 2.47 bits per heavy atom. The zero-order valence-electron chi connectivity index (χ0n) is 9.39. The van der Waals surface area contributed by atoms with E-state index < -0.39 is 5.97 Å². The van der Waals surface area contributed by atoms with Gasteiger partial charge in [0.2, 0.25) is 0 Å².